The van der Waals surface area contributed by atoms with Crippen molar-refractivity contribution in [3.05, 3.63) is 85.8 Å². The molecule has 10 heteroatoms. The minimum atomic E-state index is -0.999. The zero-order valence-corrected chi connectivity index (χ0v) is 18.5. The summed E-state index contributed by atoms with van der Waals surface area (Å²) in [7, 11) is 0. The Labute approximate surface area is 192 Å². The summed E-state index contributed by atoms with van der Waals surface area (Å²) in [5.41, 5.74) is 0.794. The van der Waals surface area contributed by atoms with E-state index in [0.717, 1.165) is 26.9 Å². The Morgan fingerprint density at radius 2 is 1.88 bits per heavy atom. The van der Waals surface area contributed by atoms with E-state index in [4.69, 9.17) is 21.1 Å². The van der Waals surface area contributed by atoms with Crippen LogP contribution >= 0.6 is 11.6 Å². The molecule has 2 aromatic carbocycles. The smallest absolute Gasteiger partial charge is 0.354 e. The summed E-state index contributed by atoms with van der Waals surface area (Å²) in [5, 5.41) is 13.4. The normalized spacial score (nSPS) is 11.1. The Morgan fingerprint density at radius 1 is 1.12 bits per heavy atom. The predicted octanol–water partition coefficient (Wildman–Crippen LogP) is 3.77. The monoisotopic (exact) mass is 468 g/mol. The molecule has 0 fully saturated rings. The third-order valence-electron chi connectivity index (χ3n) is 5.07. The van der Waals surface area contributed by atoms with E-state index in [0.29, 0.717) is 10.7 Å². The molecule has 2 heterocycles. The van der Waals surface area contributed by atoms with Gasteiger partial charge < -0.3 is 14.8 Å². The molecule has 0 saturated heterocycles. The Bertz CT molecular complexity index is 1440. The Morgan fingerprint density at radius 3 is 2.61 bits per heavy atom. The molecule has 0 spiro atoms. The SMILES string of the molecule is Cc1cc2cc(Nc3nc(=O)n(CCCC(=O)O)c(=O)n3Cc3ccc(Cl)cc3)ccc2o1. The van der Waals surface area contributed by atoms with Gasteiger partial charge in [0.2, 0.25) is 5.95 Å². The Hall–Kier alpha value is -3.85. The zero-order chi connectivity index (χ0) is 23.5. The lowest BCUT2D eigenvalue weighted by atomic mass is 10.2. The first-order chi connectivity index (χ1) is 15.8. The lowest BCUT2D eigenvalue weighted by molar-refractivity contribution is -0.137. The van der Waals surface area contributed by atoms with Crippen molar-refractivity contribution in [2.45, 2.75) is 32.9 Å². The van der Waals surface area contributed by atoms with Gasteiger partial charge in [-0.15, -0.1) is 0 Å². The maximum atomic E-state index is 13.2. The van der Waals surface area contributed by atoms with Crippen molar-refractivity contribution in [1.29, 1.82) is 0 Å². The number of carboxylic acid groups (broad SMARTS) is 1. The second-order valence-electron chi connectivity index (χ2n) is 7.60. The maximum Gasteiger partial charge on any atom is 0.354 e. The van der Waals surface area contributed by atoms with Gasteiger partial charge in [0.15, 0.2) is 0 Å². The fourth-order valence-electron chi connectivity index (χ4n) is 3.50. The van der Waals surface area contributed by atoms with Gasteiger partial charge in [0.25, 0.3) is 0 Å². The number of nitrogens with zero attached hydrogens (tertiary/aromatic N) is 3. The molecule has 170 valence electrons. The summed E-state index contributed by atoms with van der Waals surface area (Å²) < 4.78 is 7.88. The van der Waals surface area contributed by atoms with E-state index in [1.807, 2.05) is 19.1 Å². The van der Waals surface area contributed by atoms with Crippen LogP contribution in [0.15, 0.2) is 62.5 Å². The number of nitrogens with one attached hydrogen (secondary N) is 1. The highest BCUT2D eigenvalue weighted by Crippen LogP contribution is 2.24. The molecule has 4 rings (SSSR count). The molecule has 9 nitrogen and oxygen atoms in total. The van der Waals surface area contributed by atoms with Gasteiger partial charge in [-0.2, -0.15) is 4.98 Å². The van der Waals surface area contributed by atoms with E-state index in [1.165, 1.54) is 4.57 Å². The molecule has 0 saturated carbocycles. The molecule has 0 unspecified atom stereocenters. The van der Waals surface area contributed by atoms with Crippen LogP contribution < -0.4 is 16.7 Å². The molecular weight excluding hydrogens is 448 g/mol. The zero-order valence-electron chi connectivity index (χ0n) is 17.7. The van der Waals surface area contributed by atoms with E-state index in [9.17, 15) is 14.4 Å². The number of aromatic nitrogens is 3. The largest absolute Gasteiger partial charge is 0.481 e. The summed E-state index contributed by atoms with van der Waals surface area (Å²) >= 11 is 5.97. The van der Waals surface area contributed by atoms with Crippen LogP contribution in [0.4, 0.5) is 11.6 Å². The number of benzene rings is 2. The van der Waals surface area contributed by atoms with Gasteiger partial charge in [0, 0.05) is 29.1 Å². The summed E-state index contributed by atoms with van der Waals surface area (Å²) in [6.45, 7) is 1.94. The number of halogens is 1. The molecule has 2 aromatic heterocycles. The molecule has 0 amide bonds. The van der Waals surface area contributed by atoms with Crippen LogP contribution in [0.5, 0.6) is 0 Å². The molecule has 4 aromatic rings. The number of aliphatic carboxylic acids is 1. The second-order valence-corrected chi connectivity index (χ2v) is 8.03. The van der Waals surface area contributed by atoms with Gasteiger partial charge in [0.05, 0.1) is 6.54 Å². The van der Waals surface area contributed by atoms with Crippen molar-refractivity contribution in [3.8, 4) is 0 Å². The van der Waals surface area contributed by atoms with Crippen LogP contribution in [-0.4, -0.2) is 25.2 Å². The number of anilines is 2. The molecule has 2 N–H and O–H groups in total. The Balaban J connectivity index is 1.74. The van der Waals surface area contributed by atoms with Gasteiger partial charge in [-0.05, 0) is 55.3 Å². The van der Waals surface area contributed by atoms with Gasteiger partial charge in [-0.3, -0.25) is 9.36 Å². The Kier molecular flexibility index (Phi) is 6.32. The van der Waals surface area contributed by atoms with Crippen molar-refractivity contribution in [3.63, 3.8) is 0 Å². The lowest BCUT2D eigenvalue weighted by Crippen LogP contribution is -2.42. The molecule has 0 aliphatic carbocycles. The van der Waals surface area contributed by atoms with Crippen molar-refractivity contribution < 1.29 is 14.3 Å². The molecule has 0 atom stereocenters. The van der Waals surface area contributed by atoms with Gasteiger partial charge in [-0.1, -0.05) is 23.7 Å². The average molecular weight is 469 g/mol. The number of hydrogen-bond acceptors (Lipinski definition) is 6. The lowest BCUT2D eigenvalue weighted by Gasteiger charge is -2.15. The van der Waals surface area contributed by atoms with Crippen molar-refractivity contribution in [2.24, 2.45) is 0 Å². The van der Waals surface area contributed by atoms with Crippen LogP contribution in [0.2, 0.25) is 5.02 Å². The third kappa shape index (κ3) is 5.15. The van der Waals surface area contributed by atoms with Crippen LogP contribution in [0.1, 0.15) is 24.2 Å². The average Bonchev–Trinajstić information content (AvgIpc) is 3.13. The van der Waals surface area contributed by atoms with E-state index < -0.39 is 17.3 Å². The standard InChI is InChI=1S/C23H21ClN4O5/c1-14-11-16-12-18(8-9-19(16)33-14)25-21-26-22(31)27(10-2-3-20(29)30)23(32)28(21)13-15-4-6-17(24)7-5-15/h4-9,11-12H,2-3,10,13H2,1H3,(H,29,30)(H,25,26,31). The number of carboxylic acids is 1. The molecule has 0 aliphatic rings. The first-order valence-electron chi connectivity index (χ1n) is 10.3. The first-order valence-corrected chi connectivity index (χ1v) is 10.6. The van der Waals surface area contributed by atoms with Gasteiger partial charge >= 0.3 is 17.3 Å². The first kappa shape index (κ1) is 22.3. The topological polar surface area (TPSA) is 119 Å². The minimum absolute atomic E-state index is 0.0435. The highest BCUT2D eigenvalue weighted by Gasteiger charge is 2.15. The van der Waals surface area contributed by atoms with Crippen molar-refractivity contribution in [2.75, 3.05) is 5.32 Å². The van der Waals surface area contributed by atoms with E-state index in [2.05, 4.69) is 10.3 Å². The van der Waals surface area contributed by atoms with E-state index in [1.54, 1.807) is 36.4 Å². The summed E-state index contributed by atoms with van der Waals surface area (Å²) in [6, 6.07) is 14.2. The highest BCUT2D eigenvalue weighted by molar-refractivity contribution is 6.30. The summed E-state index contributed by atoms with van der Waals surface area (Å²) in [5.74, 6) is -0.154. The highest BCUT2D eigenvalue weighted by atomic mass is 35.5. The second kappa shape index (κ2) is 9.33. The molecule has 0 bridgehead atoms. The fourth-order valence-corrected chi connectivity index (χ4v) is 3.63. The number of aryl methyl sites for hydroxylation is 1. The summed E-state index contributed by atoms with van der Waals surface area (Å²) in [6.07, 6.45) is -0.0242. The number of hydrogen-bond donors (Lipinski definition) is 2. The summed E-state index contributed by atoms with van der Waals surface area (Å²) in [4.78, 5) is 40.8. The number of furan rings is 1. The van der Waals surface area contributed by atoms with Crippen molar-refractivity contribution >= 4 is 40.2 Å². The van der Waals surface area contributed by atoms with Crippen molar-refractivity contribution in [1.82, 2.24) is 14.1 Å². The fraction of sp³-hybridized carbons (Fsp3) is 0.217. The predicted molar refractivity (Wildman–Crippen MR) is 124 cm³/mol. The molecule has 33 heavy (non-hydrogen) atoms. The molecule has 0 aliphatic heterocycles. The van der Waals surface area contributed by atoms with Gasteiger partial charge in [-0.25, -0.2) is 14.2 Å². The quantitative estimate of drug-likeness (QED) is 0.404. The minimum Gasteiger partial charge on any atom is -0.481 e. The number of fused-ring (bicyclic) bond motifs is 1. The van der Waals surface area contributed by atoms with E-state index in [-0.39, 0.29) is 31.9 Å². The van der Waals surface area contributed by atoms with E-state index >= 15 is 0 Å². The van der Waals surface area contributed by atoms with Gasteiger partial charge in [0.1, 0.15) is 11.3 Å². The van der Waals surface area contributed by atoms with Crippen LogP contribution in [0.3, 0.4) is 0 Å². The number of carbonyl (C=O) groups is 1. The van der Waals surface area contributed by atoms with Crippen LogP contribution in [0.25, 0.3) is 11.0 Å². The third-order valence-corrected chi connectivity index (χ3v) is 5.32. The number of rotatable bonds is 8. The van der Waals surface area contributed by atoms with Crippen LogP contribution in [-0.2, 0) is 17.9 Å². The molecule has 0 radical (unpaired) electrons. The molecular formula is C23H21ClN4O5. The maximum absolute atomic E-state index is 13.2. The van der Waals surface area contributed by atoms with Crippen LogP contribution in [0, 0.1) is 6.92 Å².